The zero-order chi connectivity index (χ0) is 23.7. The third-order valence-electron chi connectivity index (χ3n) is 5.39. The molecule has 0 saturated heterocycles. The second-order valence-corrected chi connectivity index (χ2v) is 8.57. The first-order valence-electron chi connectivity index (χ1n) is 10.2. The second kappa shape index (κ2) is 9.11. The molecule has 0 fully saturated rings. The van der Waals surface area contributed by atoms with Gasteiger partial charge in [-0.2, -0.15) is 5.26 Å². The molecule has 0 spiro atoms. The van der Waals surface area contributed by atoms with Crippen molar-refractivity contribution >= 4 is 45.8 Å². The average molecular weight is 476 g/mol. The summed E-state index contributed by atoms with van der Waals surface area (Å²) in [5.41, 5.74) is 5.48. The molecule has 5 nitrogen and oxygen atoms in total. The van der Waals surface area contributed by atoms with Crippen LogP contribution in [0, 0.1) is 18.3 Å². The van der Waals surface area contributed by atoms with Gasteiger partial charge in [0, 0.05) is 10.9 Å². The Labute approximate surface area is 201 Å². The predicted octanol–water partition coefficient (Wildman–Crippen LogP) is 6.94. The van der Waals surface area contributed by atoms with Crippen LogP contribution in [0.1, 0.15) is 18.1 Å². The number of hydrogen-bond acceptors (Lipinski definition) is 4. The van der Waals surface area contributed by atoms with Crippen LogP contribution in [0.4, 0.5) is 5.69 Å². The minimum absolute atomic E-state index is 0.295. The van der Waals surface area contributed by atoms with Crippen molar-refractivity contribution in [3.8, 4) is 28.5 Å². The van der Waals surface area contributed by atoms with Crippen LogP contribution in [0.25, 0.3) is 33.3 Å². The van der Waals surface area contributed by atoms with Gasteiger partial charge in [-0.05, 0) is 49.2 Å². The van der Waals surface area contributed by atoms with E-state index in [2.05, 4.69) is 11.4 Å². The lowest BCUT2D eigenvalue weighted by molar-refractivity contribution is -0.137. The summed E-state index contributed by atoms with van der Waals surface area (Å²) >= 11 is 12.2. The van der Waals surface area contributed by atoms with Crippen LogP contribution in [0.3, 0.4) is 0 Å². The quantitative estimate of drug-likeness (QED) is 0.326. The Hall–Kier alpha value is -3.59. The van der Waals surface area contributed by atoms with E-state index in [0.29, 0.717) is 37.9 Å². The first-order valence-corrected chi connectivity index (χ1v) is 10.9. The molecule has 4 aromatic rings. The summed E-state index contributed by atoms with van der Waals surface area (Å²) in [6, 6.07) is 20.1. The van der Waals surface area contributed by atoms with E-state index in [-0.39, 0.29) is 0 Å². The molecule has 4 rings (SSSR count). The number of benzene rings is 3. The number of nitrogens with zero attached hydrogens (tertiary/aromatic N) is 2. The van der Waals surface area contributed by atoms with Gasteiger partial charge in [0.1, 0.15) is 17.7 Å². The standard InChI is InChI=1S/C26H19Cl2N3O2/c1-14-3-10-23-19(11-14)25(30-15(2)26(32)33)20(13-29)24(31-23)17-6-4-16(5-7-17)18-8-9-21(27)22(28)12-18/h3-12,15H,1-2H3,(H,30,31)(H,32,33). The maximum atomic E-state index is 11.5. The lowest BCUT2D eigenvalue weighted by Crippen LogP contribution is -2.26. The van der Waals surface area contributed by atoms with E-state index in [4.69, 9.17) is 28.2 Å². The molecule has 0 radical (unpaired) electrons. The van der Waals surface area contributed by atoms with Gasteiger partial charge < -0.3 is 10.4 Å². The molecule has 2 N–H and O–H groups in total. The molecule has 3 aromatic carbocycles. The SMILES string of the molecule is Cc1ccc2nc(-c3ccc(-c4ccc(Cl)c(Cl)c4)cc3)c(C#N)c(NC(C)C(=O)O)c2c1. The number of nitrogens with one attached hydrogen (secondary N) is 1. The largest absolute Gasteiger partial charge is 0.480 e. The van der Waals surface area contributed by atoms with Crippen LogP contribution in [-0.4, -0.2) is 22.1 Å². The molecular weight excluding hydrogens is 457 g/mol. The Morgan fingerprint density at radius 3 is 2.30 bits per heavy atom. The van der Waals surface area contributed by atoms with Crippen LogP contribution in [0.2, 0.25) is 10.0 Å². The van der Waals surface area contributed by atoms with E-state index >= 15 is 0 Å². The van der Waals surface area contributed by atoms with Crippen LogP contribution in [0.5, 0.6) is 0 Å². The monoisotopic (exact) mass is 475 g/mol. The summed E-state index contributed by atoms with van der Waals surface area (Å²) in [5, 5.41) is 24.1. The van der Waals surface area contributed by atoms with Crippen molar-refractivity contribution in [2.45, 2.75) is 19.9 Å². The molecule has 1 unspecified atom stereocenters. The molecule has 0 aliphatic carbocycles. The molecular formula is C26H19Cl2N3O2. The molecule has 33 heavy (non-hydrogen) atoms. The Balaban J connectivity index is 1.86. The number of carbonyl (C=O) groups is 1. The van der Waals surface area contributed by atoms with E-state index in [1.54, 1.807) is 12.1 Å². The van der Waals surface area contributed by atoms with Gasteiger partial charge >= 0.3 is 5.97 Å². The Bertz CT molecular complexity index is 1430. The van der Waals surface area contributed by atoms with Gasteiger partial charge in [0.25, 0.3) is 0 Å². The number of rotatable bonds is 5. The van der Waals surface area contributed by atoms with Crippen LogP contribution in [0.15, 0.2) is 60.7 Å². The van der Waals surface area contributed by atoms with E-state index in [1.807, 2.05) is 55.5 Å². The number of hydrogen-bond donors (Lipinski definition) is 2. The lowest BCUT2D eigenvalue weighted by atomic mass is 9.98. The van der Waals surface area contributed by atoms with Gasteiger partial charge in [-0.15, -0.1) is 0 Å². The maximum absolute atomic E-state index is 11.5. The summed E-state index contributed by atoms with van der Waals surface area (Å²) in [6.45, 7) is 3.48. The fourth-order valence-corrected chi connectivity index (χ4v) is 3.92. The highest BCUT2D eigenvalue weighted by Gasteiger charge is 2.20. The molecule has 1 aromatic heterocycles. The van der Waals surface area contributed by atoms with E-state index < -0.39 is 12.0 Å². The number of pyridine rings is 1. The third kappa shape index (κ3) is 4.49. The van der Waals surface area contributed by atoms with Crippen molar-refractivity contribution in [1.82, 2.24) is 4.98 Å². The highest BCUT2D eigenvalue weighted by Crippen LogP contribution is 2.36. The van der Waals surface area contributed by atoms with Crippen LogP contribution >= 0.6 is 23.2 Å². The highest BCUT2D eigenvalue weighted by molar-refractivity contribution is 6.42. The molecule has 0 aliphatic heterocycles. The van der Waals surface area contributed by atoms with Crippen molar-refractivity contribution in [3.05, 3.63) is 81.8 Å². The number of aryl methyl sites for hydroxylation is 1. The molecule has 0 saturated carbocycles. The van der Waals surface area contributed by atoms with Gasteiger partial charge in [-0.3, -0.25) is 4.79 Å². The summed E-state index contributed by atoms with van der Waals surface area (Å²) in [4.78, 5) is 16.2. The number of carboxylic acid groups (broad SMARTS) is 1. The number of aromatic nitrogens is 1. The summed E-state index contributed by atoms with van der Waals surface area (Å²) in [6.07, 6.45) is 0. The lowest BCUT2D eigenvalue weighted by Gasteiger charge is -2.18. The molecule has 1 atom stereocenters. The van der Waals surface area contributed by atoms with Crippen molar-refractivity contribution in [1.29, 1.82) is 5.26 Å². The topological polar surface area (TPSA) is 86.0 Å². The van der Waals surface area contributed by atoms with Gasteiger partial charge in [0.2, 0.25) is 0 Å². The predicted molar refractivity (Wildman–Crippen MR) is 133 cm³/mol. The van der Waals surface area contributed by atoms with Crippen molar-refractivity contribution < 1.29 is 9.90 Å². The Morgan fingerprint density at radius 1 is 1.00 bits per heavy atom. The first-order chi connectivity index (χ1) is 15.8. The van der Waals surface area contributed by atoms with Gasteiger partial charge in [0.15, 0.2) is 0 Å². The molecule has 1 heterocycles. The maximum Gasteiger partial charge on any atom is 0.325 e. The fourth-order valence-electron chi connectivity index (χ4n) is 3.62. The average Bonchev–Trinajstić information content (AvgIpc) is 2.80. The van der Waals surface area contributed by atoms with E-state index in [9.17, 15) is 15.2 Å². The number of halogens is 2. The third-order valence-corrected chi connectivity index (χ3v) is 6.13. The normalized spacial score (nSPS) is 11.7. The number of anilines is 1. The number of fused-ring (bicyclic) bond motifs is 1. The van der Waals surface area contributed by atoms with Crippen LogP contribution < -0.4 is 5.32 Å². The summed E-state index contributed by atoms with van der Waals surface area (Å²) in [5.74, 6) is -1.01. The molecule has 7 heteroatoms. The van der Waals surface area contributed by atoms with Gasteiger partial charge in [0.05, 0.1) is 26.9 Å². The zero-order valence-electron chi connectivity index (χ0n) is 17.9. The fraction of sp³-hybridized carbons (Fsp3) is 0.115. The van der Waals surface area contributed by atoms with Gasteiger partial charge in [-0.1, -0.05) is 65.2 Å². The molecule has 0 aliphatic rings. The number of aliphatic carboxylic acids is 1. The number of carboxylic acids is 1. The summed E-state index contributed by atoms with van der Waals surface area (Å²) in [7, 11) is 0. The smallest absolute Gasteiger partial charge is 0.325 e. The first kappa shape index (κ1) is 22.6. The van der Waals surface area contributed by atoms with Crippen molar-refractivity contribution in [2.24, 2.45) is 0 Å². The minimum Gasteiger partial charge on any atom is -0.480 e. The van der Waals surface area contributed by atoms with Crippen LogP contribution in [-0.2, 0) is 4.79 Å². The Kier molecular flexibility index (Phi) is 6.24. The number of nitriles is 1. The minimum atomic E-state index is -1.01. The zero-order valence-corrected chi connectivity index (χ0v) is 19.4. The highest BCUT2D eigenvalue weighted by atomic mass is 35.5. The van der Waals surface area contributed by atoms with Crippen molar-refractivity contribution in [2.75, 3.05) is 5.32 Å². The van der Waals surface area contributed by atoms with E-state index in [0.717, 1.165) is 22.3 Å². The summed E-state index contributed by atoms with van der Waals surface area (Å²) < 4.78 is 0. The van der Waals surface area contributed by atoms with E-state index in [1.165, 1.54) is 6.92 Å². The van der Waals surface area contributed by atoms with Gasteiger partial charge in [-0.25, -0.2) is 4.98 Å². The molecule has 164 valence electrons. The Morgan fingerprint density at radius 2 is 1.67 bits per heavy atom. The second-order valence-electron chi connectivity index (χ2n) is 7.75. The molecule has 0 bridgehead atoms. The molecule has 0 amide bonds. The van der Waals surface area contributed by atoms with Crippen molar-refractivity contribution in [3.63, 3.8) is 0 Å².